The Morgan fingerprint density at radius 3 is 2.14 bits per heavy atom. The Hall–Kier alpha value is -1.84. The Balaban J connectivity index is 2.01. The summed E-state index contributed by atoms with van der Waals surface area (Å²) in [6.45, 7) is 6.29. The maximum atomic E-state index is 9.63. The molecule has 0 aliphatic carbocycles. The van der Waals surface area contributed by atoms with Crippen molar-refractivity contribution in [2.75, 3.05) is 6.61 Å². The van der Waals surface area contributed by atoms with E-state index in [1.165, 1.54) is 0 Å². The van der Waals surface area contributed by atoms with E-state index in [0.29, 0.717) is 13.0 Å². The van der Waals surface area contributed by atoms with Crippen LogP contribution in [0.25, 0.3) is 0 Å². The predicted octanol–water partition coefficient (Wildman–Crippen LogP) is 4.50. The van der Waals surface area contributed by atoms with Crippen LogP contribution in [0.1, 0.15) is 32.8 Å². The average molecular weight is 300 g/mol. The molecule has 2 aromatic carbocycles. The quantitative estimate of drug-likeness (QED) is 0.818. The van der Waals surface area contributed by atoms with Gasteiger partial charge in [0.05, 0.1) is 18.3 Å². The van der Waals surface area contributed by atoms with Crippen LogP contribution < -0.4 is 4.74 Å². The Morgan fingerprint density at radius 2 is 1.55 bits per heavy atom. The lowest BCUT2D eigenvalue weighted by molar-refractivity contribution is -0.0636. The number of rotatable bonds is 7. The Morgan fingerprint density at radius 1 is 0.955 bits per heavy atom. The summed E-state index contributed by atoms with van der Waals surface area (Å²) in [5, 5.41) is 9.63. The summed E-state index contributed by atoms with van der Waals surface area (Å²) in [6.07, 6.45) is 0.278. The van der Waals surface area contributed by atoms with Crippen molar-refractivity contribution in [3.8, 4) is 11.5 Å². The molecule has 0 amide bonds. The summed E-state index contributed by atoms with van der Waals surface area (Å²) < 4.78 is 11.6. The van der Waals surface area contributed by atoms with E-state index < -0.39 is 11.7 Å². The molecule has 22 heavy (non-hydrogen) atoms. The van der Waals surface area contributed by atoms with Crippen molar-refractivity contribution < 1.29 is 14.6 Å². The Bertz CT molecular complexity index is 561. The van der Waals surface area contributed by atoms with Gasteiger partial charge in [0.25, 0.3) is 0 Å². The van der Waals surface area contributed by atoms with Crippen LogP contribution >= 0.6 is 0 Å². The molecular formula is C19H24O3. The van der Waals surface area contributed by atoms with Crippen LogP contribution in [0.3, 0.4) is 0 Å². The van der Waals surface area contributed by atoms with E-state index in [2.05, 4.69) is 0 Å². The van der Waals surface area contributed by atoms with Gasteiger partial charge in [-0.05, 0) is 50.1 Å². The molecule has 2 rings (SSSR count). The fraction of sp³-hybridized carbons (Fsp3) is 0.368. The molecule has 0 saturated carbocycles. The maximum Gasteiger partial charge on any atom is 0.127 e. The molecule has 0 heterocycles. The molecule has 0 aliphatic heterocycles. The van der Waals surface area contributed by atoms with E-state index in [-0.39, 0.29) is 0 Å². The van der Waals surface area contributed by atoms with Crippen molar-refractivity contribution in [1.29, 1.82) is 0 Å². The lowest BCUT2D eigenvalue weighted by atomic mass is 9.98. The monoisotopic (exact) mass is 300 g/mol. The van der Waals surface area contributed by atoms with Crippen molar-refractivity contribution in [1.82, 2.24) is 0 Å². The van der Waals surface area contributed by atoms with Gasteiger partial charge in [-0.2, -0.15) is 0 Å². The normalized spacial score (nSPS) is 12.9. The first-order valence-electron chi connectivity index (χ1n) is 7.66. The molecule has 0 aromatic heterocycles. The third kappa shape index (κ3) is 4.58. The van der Waals surface area contributed by atoms with Crippen molar-refractivity contribution in [2.24, 2.45) is 0 Å². The molecule has 2 aromatic rings. The maximum absolute atomic E-state index is 9.63. The number of ether oxygens (including phenoxy) is 2. The van der Waals surface area contributed by atoms with E-state index in [0.717, 1.165) is 17.1 Å². The molecule has 1 N–H and O–H groups in total. The summed E-state index contributed by atoms with van der Waals surface area (Å²) in [5.74, 6) is 1.61. The highest BCUT2D eigenvalue weighted by molar-refractivity contribution is 5.34. The van der Waals surface area contributed by atoms with E-state index in [1.807, 2.05) is 75.4 Å². The highest BCUT2D eigenvalue weighted by Gasteiger charge is 2.22. The fourth-order valence-electron chi connectivity index (χ4n) is 2.05. The molecule has 3 nitrogen and oxygen atoms in total. The minimum atomic E-state index is -0.443. The second kappa shape index (κ2) is 7.43. The summed E-state index contributed by atoms with van der Waals surface area (Å²) in [7, 11) is 0. The highest BCUT2D eigenvalue weighted by Crippen LogP contribution is 2.28. The van der Waals surface area contributed by atoms with E-state index >= 15 is 0 Å². The SMILES string of the molecule is CCC(O)COC(C)(C)c1ccc(Oc2ccccc2)cc1. The van der Waals surface area contributed by atoms with Crippen molar-refractivity contribution in [3.05, 3.63) is 60.2 Å². The minimum Gasteiger partial charge on any atom is -0.457 e. The molecule has 1 atom stereocenters. The summed E-state index contributed by atoms with van der Waals surface area (Å²) in [6, 6.07) is 17.6. The molecule has 0 aliphatic rings. The van der Waals surface area contributed by atoms with Gasteiger partial charge < -0.3 is 14.6 Å². The van der Waals surface area contributed by atoms with Gasteiger partial charge >= 0.3 is 0 Å². The third-order valence-electron chi connectivity index (χ3n) is 3.64. The second-order valence-electron chi connectivity index (χ2n) is 5.82. The zero-order valence-electron chi connectivity index (χ0n) is 13.5. The topological polar surface area (TPSA) is 38.7 Å². The molecule has 0 saturated heterocycles. The van der Waals surface area contributed by atoms with Gasteiger partial charge in [0.1, 0.15) is 11.5 Å². The van der Waals surface area contributed by atoms with Gasteiger partial charge in [-0.25, -0.2) is 0 Å². The Labute approximate surface area is 132 Å². The molecule has 0 fully saturated rings. The molecule has 0 spiro atoms. The number of para-hydroxylation sites is 1. The lowest BCUT2D eigenvalue weighted by Crippen LogP contribution is -2.26. The molecule has 0 bridgehead atoms. The summed E-state index contributed by atoms with van der Waals surface area (Å²) in [4.78, 5) is 0. The zero-order chi connectivity index (χ0) is 16.0. The first kappa shape index (κ1) is 16.5. The van der Waals surface area contributed by atoms with Crippen LogP contribution in [0.2, 0.25) is 0 Å². The van der Waals surface area contributed by atoms with Gasteiger partial charge in [-0.3, -0.25) is 0 Å². The lowest BCUT2D eigenvalue weighted by Gasteiger charge is -2.27. The average Bonchev–Trinajstić information content (AvgIpc) is 2.54. The molecule has 3 heteroatoms. The van der Waals surface area contributed by atoms with E-state index in [4.69, 9.17) is 9.47 Å². The fourth-order valence-corrected chi connectivity index (χ4v) is 2.05. The van der Waals surface area contributed by atoms with Crippen LogP contribution in [-0.4, -0.2) is 17.8 Å². The second-order valence-corrected chi connectivity index (χ2v) is 5.82. The standard InChI is InChI=1S/C19H24O3/c1-4-16(20)14-21-19(2,3)15-10-12-18(13-11-15)22-17-8-6-5-7-9-17/h5-13,16,20H,4,14H2,1-3H3. The smallest absolute Gasteiger partial charge is 0.127 e. The first-order chi connectivity index (χ1) is 10.5. The van der Waals surface area contributed by atoms with E-state index in [9.17, 15) is 5.11 Å². The molecular weight excluding hydrogens is 276 g/mol. The van der Waals surface area contributed by atoms with Gasteiger partial charge in [-0.15, -0.1) is 0 Å². The highest BCUT2D eigenvalue weighted by atomic mass is 16.5. The summed E-state index contributed by atoms with van der Waals surface area (Å²) in [5.41, 5.74) is 0.609. The first-order valence-corrected chi connectivity index (χ1v) is 7.66. The van der Waals surface area contributed by atoms with Gasteiger partial charge in [0.2, 0.25) is 0 Å². The third-order valence-corrected chi connectivity index (χ3v) is 3.64. The minimum absolute atomic E-state index is 0.339. The summed E-state index contributed by atoms with van der Waals surface area (Å²) >= 11 is 0. The number of aliphatic hydroxyl groups excluding tert-OH is 1. The Kier molecular flexibility index (Phi) is 5.58. The number of aliphatic hydroxyl groups is 1. The van der Waals surface area contributed by atoms with Crippen LogP contribution in [0.4, 0.5) is 0 Å². The molecule has 118 valence electrons. The number of benzene rings is 2. The number of hydrogen-bond acceptors (Lipinski definition) is 3. The number of hydrogen-bond donors (Lipinski definition) is 1. The molecule has 1 unspecified atom stereocenters. The predicted molar refractivity (Wildman–Crippen MR) is 88.2 cm³/mol. The van der Waals surface area contributed by atoms with Crippen LogP contribution in [-0.2, 0) is 10.3 Å². The van der Waals surface area contributed by atoms with Gasteiger partial charge in [0, 0.05) is 0 Å². The van der Waals surface area contributed by atoms with Gasteiger partial charge in [0.15, 0.2) is 0 Å². The van der Waals surface area contributed by atoms with E-state index in [1.54, 1.807) is 0 Å². The van der Waals surface area contributed by atoms with Crippen LogP contribution in [0, 0.1) is 0 Å². The van der Waals surface area contributed by atoms with Crippen molar-refractivity contribution in [2.45, 2.75) is 38.9 Å². The zero-order valence-corrected chi connectivity index (χ0v) is 13.5. The molecule has 0 radical (unpaired) electrons. The van der Waals surface area contributed by atoms with Crippen LogP contribution in [0.15, 0.2) is 54.6 Å². The van der Waals surface area contributed by atoms with Crippen molar-refractivity contribution >= 4 is 0 Å². The van der Waals surface area contributed by atoms with Crippen LogP contribution in [0.5, 0.6) is 11.5 Å². The van der Waals surface area contributed by atoms with Crippen molar-refractivity contribution in [3.63, 3.8) is 0 Å². The largest absolute Gasteiger partial charge is 0.457 e. The van der Waals surface area contributed by atoms with Gasteiger partial charge in [-0.1, -0.05) is 37.3 Å².